The van der Waals surface area contributed by atoms with Crippen LogP contribution in [0.2, 0.25) is 0 Å². The Bertz CT molecular complexity index is 1500. The Balaban J connectivity index is 1.63. The number of rotatable bonds is 6. The molecule has 0 bridgehead atoms. The van der Waals surface area contributed by atoms with Crippen molar-refractivity contribution in [1.29, 1.82) is 0 Å². The van der Waals surface area contributed by atoms with Crippen molar-refractivity contribution >= 4 is 17.4 Å². The SMILES string of the molecule is COc1ccc(/C(O)=C2\C(=O)C(=O)N(Cc3ccc4c(c3)OCO4)C2c2ccc(C(C)(C)C)cc2)cc1C(C)C. The predicted octanol–water partition coefficient (Wildman–Crippen LogP) is 6.47. The molecule has 0 aliphatic carbocycles. The molecule has 1 fully saturated rings. The average molecular weight is 542 g/mol. The number of fused-ring (bicyclic) bond motifs is 1. The Labute approximate surface area is 235 Å². The molecule has 1 amide bonds. The lowest BCUT2D eigenvalue weighted by Gasteiger charge is -2.27. The van der Waals surface area contributed by atoms with Gasteiger partial charge >= 0.3 is 0 Å². The lowest BCUT2D eigenvalue weighted by Crippen LogP contribution is -2.29. The van der Waals surface area contributed by atoms with Crippen LogP contribution in [0.4, 0.5) is 0 Å². The number of benzene rings is 3. The van der Waals surface area contributed by atoms with E-state index in [-0.39, 0.29) is 36.0 Å². The van der Waals surface area contributed by atoms with Crippen LogP contribution < -0.4 is 14.2 Å². The quantitative estimate of drug-likeness (QED) is 0.219. The predicted molar refractivity (Wildman–Crippen MR) is 153 cm³/mol. The van der Waals surface area contributed by atoms with Gasteiger partial charge in [0.05, 0.1) is 18.7 Å². The lowest BCUT2D eigenvalue weighted by molar-refractivity contribution is -0.140. The summed E-state index contributed by atoms with van der Waals surface area (Å²) in [6.45, 7) is 10.7. The van der Waals surface area contributed by atoms with Gasteiger partial charge in [-0.25, -0.2) is 0 Å². The number of aliphatic hydroxyl groups excluding tert-OH is 1. The zero-order valence-corrected chi connectivity index (χ0v) is 23.8. The minimum Gasteiger partial charge on any atom is -0.507 e. The normalized spacial score (nSPS) is 18.1. The number of nitrogens with zero attached hydrogens (tertiary/aromatic N) is 1. The van der Waals surface area contributed by atoms with Gasteiger partial charge < -0.3 is 24.2 Å². The van der Waals surface area contributed by atoms with Crippen molar-refractivity contribution in [3.05, 3.63) is 94.1 Å². The van der Waals surface area contributed by atoms with E-state index in [9.17, 15) is 14.7 Å². The van der Waals surface area contributed by atoms with Crippen molar-refractivity contribution in [2.45, 2.75) is 58.5 Å². The average Bonchev–Trinajstić information content (AvgIpc) is 3.50. The molecule has 5 rings (SSSR count). The standard InChI is InChI=1S/C33H35NO6/c1-19(2)24-16-22(10-14-25(24)38-6)30(35)28-29(21-8-11-23(12-9-21)33(3,4)5)34(32(37)31(28)36)17-20-7-13-26-27(15-20)40-18-39-26/h7-16,19,29,35H,17-18H2,1-6H3/b30-28+. The van der Waals surface area contributed by atoms with Gasteiger partial charge in [-0.05, 0) is 63.9 Å². The van der Waals surface area contributed by atoms with Crippen molar-refractivity contribution in [3.8, 4) is 17.2 Å². The minimum atomic E-state index is -0.774. The van der Waals surface area contributed by atoms with Crippen LogP contribution in [0.3, 0.4) is 0 Å². The molecular formula is C33H35NO6. The Morgan fingerprint density at radius 3 is 2.35 bits per heavy atom. The van der Waals surface area contributed by atoms with Crippen LogP contribution in [0.1, 0.15) is 74.4 Å². The zero-order chi connectivity index (χ0) is 28.8. The highest BCUT2D eigenvalue weighted by Gasteiger charge is 2.46. The first-order valence-electron chi connectivity index (χ1n) is 13.4. The molecule has 1 atom stereocenters. The lowest BCUT2D eigenvalue weighted by atomic mass is 9.85. The second-order valence-corrected chi connectivity index (χ2v) is 11.6. The first-order chi connectivity index (χ1) is 19.0. The fourth-order valence-electron chi connectivity index (χ4n) is 5.28. The Morgan fingerprint density at radius 2 is 1.70 bits per heavy atom. The van der Waals surface area contributed by atoms with Crippen LogP contribution in [0.25, 0.3) is 5.76 Å². The van der Waals surface area contributed by atoms with E-state index >= 15 is 0 Å². The van der Waals surface area contributed by atoms with E-state index in [0.717, 1.165) is 22.3 Å². The molecule has 0 spiro atoms. The maximum Gasteiger partial charge on any atom is 0.295 e. The number of carbonyl (C=O) groups excluding carboxylic acids is 2. The monoisotopic (exact) mass is 541 g/mol. The van der Waals surface area contributed by atoms with Crippen LogP contribution in [0.5, 0.6) is 17.2 Å². The van der Waals surface area contributed by atoms with Crippen molar-refractivity contribution in [3.63, 3.8) is 0 Å². The van der Waals surface area contributed by atoms with E-state index in [2.05, 4.69) is 20.8 Å². The number of likely N-dealkylation sites (tertiary alicyclic amines) is 1. The maximum atomic E-state index is 13.6. The van der Waals surface area contributed by atoms with Crippen LogP contribution in [-0.2, 0) is 21.5 Å². The number of hydrogen-bond donors (Lipinski definition) is 1. The van der Waals surface area contributed by atoms with Crippen molar-refractivity contribution < 1.29 is 28.9 Å². The Morgan fingerprint density at radius 1 is 1.00 bits per heavy atom. The van der Waals surface area contributed by atoms with E-state index in [1.807, 2.05) is 56.3 Å². The summed E-state index contributed by atoms with van der Waals surface area (Å²) in [6, 6.07) is 17.9. The number of hydrogen-bond acceptors (Lipinski definition) is 6. The number of ketones is 1. The Kier molecular flexibility index (Phi) is 7.08. The van der Waals surface area contributed by atoms with Gasteiger partial charge in [-0.3, -0.25) is 9.59 Å². The van der Waals surface area contributed by atoms with Crippen molar-refractivity contribution in [2.75, 3.05) is 13.9 Å². The van der Waals surface area contributed by atoms with E-state index in [0.29, 0.717) is 22.8 Å². The zero-order valence-electron chi connectivity index (χ0n) is 23.8. The molecule has 1 unspecified atom stereocenters. The molecule has 40 heavy (non-hydrogen) atoms. The van der Waals surface area contributed by atoms with Crippen LogP contribution in [0, 0.1) is 0 Å². The van der Waals surface area contributed by atoms with Crippen molar-refractivity contribution in [1.82, 2.24) is 4.90 Å². The number of methoxy groups -OCH3 is 1. The molecule has 2 aliphatic heterocycles. The smallest absolute Gasteiger partial charge is 0.295 e. The summed E-state index contributed by atoms with van der Waals surface area (Å²) in [5.74, 6) is 0.467. The third-order valence-electron chi connectivity index (χ3n) is 7.55. The fourth-order valence-corrected chi connectivity index (χ4v) is 5.28. The Hall–Kier alpha value is -4.26. The van der Waals surface area contributed by atoms with E-state index in [4.69, 9.17) is 14.2 Å². The largest absolute Gasteiger partial charge is 0.507 e. The highest BCUT2D eigenvalue weighted by Crippen LogP contribution is 2.42. The molecule has 7 heteroatoms. The number of ether oxygens (including phenoxy) is 3. The third kappa shape index (κ3) is 4.92. The number of Topliss-reactive ketones (excluding diaryl/α,β-unsaturated/α-hetero) is 1. The van der Waals surface area contributed by atoms with Gasteiger partial charge in [0.1, 0.15) is 11.5 Å². The maximum absolute atomic E-state index is 13.6. The molecule has 2 heterocycles. The second kappa shape index (κ2) is 10.4. The molecule has 0 aromatic heterocycles. The molecule has 1 N–H and O–H groups in total. The number of aliphatic hydroxyl groups is 1. The van der Waals surface area contributed by atoms with Gasteiger partial charge in [0.25, 0.3) is 11.7 Å². The first kappa shape index (κ1) is 27.3. The molecule has 2 aliphatic rings. The third-order valence-corrected chi connectivity index (χ3v) is 7.55. The molecule has 3 aromatic rings. The van der Waals surface area contributed by atoms with Gasteiger partial charge in [-0.15, -0.1) is 0 Å². The number of carbonyl (C=O) groups is 2. The summed E-state index contributed by atoms with van der Waals surface area (Å²) in [7, 11) is 1.60. The van der Waals surface area contributed by atoms with Gasteiger partial charge in [0.15, 0.2) is 11.5 Å². The highest BCUT2D eigenvalue weighted by molar-refractivity contribution is 6.46. The molecule has 208 valence electrons. The number of amides is 1. The molecule has 1 saturated heterocycles. The van der Waals surface area contributed by atoms with Crippen LogP contribution >= 0.6 is 0 Å². The molecular weight excluding hydrogens is 506 g/mol. The molecule has 0 radical (unpaired) electrons. The van der Waals surface area contributed by atoms with E-state index < -0.39 is 17.7 Å². The van der Waals surface area contributed by atoms with Crippen LogP contribution in [0.15, 0.2) is 66.2 Å². The van der Waals surface area contributed by atoms with Gasteiger partial charge in [-0.2, -0.15) is 0 Å². The summed E-state index contributed by atoms with van der Waals surface area (Å²) >= 11 is 0. The van der Waals surface area contributed by atoms with Gasteiger partial charge in [-0.1, -0.05) is 65.0 Å². The topological polar surface area (TPSA) is 85.3 Å². The van der Waals surface area contributed by atoms with E-state index in [1.165, 1.54) is 4.90 Å². The molecule has 3 aromatic carbocycles. The fraction of sp³-hybridized carbons (Fsp3) is 0.333. The summed E-state index contributed by atoms with van der Waals surface area (Å²) < 4.78 is 16.5. The van der Waals surface area contributed by atoms with Gasteiger partial charge in [0, 0.05) is 12.1 Å². The van der Waals surface area contributed by atoms with Gasteiger partial charge in [0.2, 0.25) is 6.79 Å². The summed E-state index contributed by atoms with van der Waals surface area (Å²) in [6.07, 6.45) is 0. The highest BCUT2D eigenvalue weighted by atomic mass is 16.7. The molecule has 0 saturated carbocycles. The van der Waals surface area contributed by atoms with E-state index in [1.54, 1.807) is 25.3 Å². The van der Waals surface area contributed by atoms with Crippen molar-refractivity contribution in [2.24, 2.45) is 0 Å². The molecule has 7 nitrogen and oxygen atoms in total. The van der Waals surface area contributed by atoms with Crippen LogP contribution in [-0.4, -0.2) is 35.6 Å². The summed E-state index contributed by atoms with van der Waals surface area (Å²) in [5.41, 5.74) is 4.01. The summed E-state index contributed by atoms with van der Waals surface area (Å²) in [5, 5.41) is 11.6. The first-order valence-corrected chi connectivity index (χ1v) is 13.4. The second-order valence-electron chi connectivity index (χ2n) is 11.6. The minimum absolute atomic E-state index is 0.0640. The summed E-state index contributed by atoms with van der Waals surface area (Å²) in [4.78, 5) is 28.6.